The van der Waals surface area contributed by atoms with Crippen LogP contribution in [0.15, 0.2) is 11.8 Å². The number of likely N-dealkylation sites (N-methyl/N-ethyl adjacent to an activating group) is 1. The molecule has 0 saturated carbocycles. The Morgan fingerprint density at radius 3 is 2.35 bits per heavy atom. The first-order valence-corrected chi connectivity index (χ1v) is 7.99. The summed E-state index contributed by atoms with van der Waals surface area (Å²) in [7, 11) is 0. The van der Waals surface area contributed by atoms with E-state index in [1.165, 1.54) is 6.20 Å². The van der Waals surface area contributed by atoms with Crippen molar-refractivity contribution < 1.29 is 14.7 Å². The minimum Gasteiger partial charge on any atom is -0.480 e. The first kappa shape index (κ1) is 19.0. The zero-order valence-electron chi connectivity index (χ0n) is 14.1. The Balaban J connectivity index is 2.69. The third kappa shape index (κ3) is 6.28. The van der Waals surface area contributed by atoms with Crippen molar-refractivity contribution in [3.05, 3.63) is 11.8 Å². The number of nitrogens with one attached hydrogen (secondary N) is 1. The Morgan fingerprint density at radius 2 is 1.91 bits per heavy atom. The maximum atomic E-state index is 12.2. The molecular formula is C16H26N4O3. The van der Waals surface area contributed by atoms with Gasteiger partial charge in [-0.25, -0.2) is 4.79 Å². The van der Waals surface area contributed by atoms with E-state index in [4.69, 9.17) is 0 Å². The monoisotopic (exact) mass is 322 g/mol. The Kier molecular flexibility index (Phi) is 7.55. The van der Waals surface area contributed by atoms with Gasteiger partial charge in [0, 0.05) is 32.4 Å². The van der Waals surface area contributed by atoms with E-state index in [1.54, 1.807) is 0 Å². The second-order valence-corrected chi connectivity index (χ2v) is 6.12. The minimum absolute atomic E-state index is 0.0510. The number of aliphatic carboxylic acids is 1. The van der Waals surface area contributed by atoms with Crippen LogP contribution in [0.3, 0.4) is 0 Å². The highest BCUT2D eigenvalue weighted by atomic mass is 16.4. The molecule has 23 heavy (non-hydrogen) atoms. The highest BCUT2D eigenvalue weighted by molar-refractivity contribution is 5.99. The molecule has 1 unspecified atom stereocenters. The number of carbonyl (C=O) groups is 2. The normalized spacial score (nSPS) is 17.7. The molecule has 2 N–H and O–H groups in total. The highest BCUT2D eigenvalue weighted by Crippen LogP contribution is 2.08. The molecule has 0 spiro atoms. The van der Waals surface area contributed by atoms with Crippen LogP contribution in [0.2, 0.25) is 0 Å². The van der Waals surface area contributed by atoms with Crippen molar-refractivity contribution in [2.75, 3.05) is 32.7 Å². The van der Waals surface area contributed by atoms with Crippen LogP contribution in [-0.4, -0.2) is 65.5 Å². The summed E-state index contributed by atoms with van der Waals surface area (Å²) in [5.41, 5.74) is -0.0510. The summed E-state index contributed by atoms with van der Waals surface area (Å²) in [5, 5.41) is 20.8. The Bertz CT molecular complexity index is 488. The van der Waals surface area contributed by atoms with Crippen LogP contribution in [0.25, 0.3) is 0 Å². The van der Waals surface area contributed by atoms with Gasteiger partial charge in [0.1, 0.15) is 17.7 Å². The van der Waals surface area contributed by atoms with E-state index in [0.29, 0.717) is 6.42 Å². The molecule has 128 valence electrons. The predicted octanol–water partition coefficient (Wildman–Crippen LogP) is 0.647. The molecule has 1 atom stereocenters. The van der Waals surface area contributed by atoms with Gasteiger partial charge in [0.15, 0.2) is 0 Å². The molecule has 1 amide bonds. The predicted molar refractivity (Wildman–Crippen MR) is 86.4 cm³/mol. The van der Waals surface area contributed by atoms with E-state index in [9.17, 15) is 20.0 Å². The lowest BCUT2D eigenvalue weighted by Gasteiger charge is -2.33. The molecule has 1 aliphatic heterocycles. The maximum absolute atomic E-state index is 12.2. The zero-order chi connectivity index (χ0) is 17.4. The number of piperazine rings is 1. The van der Waals surface area contributed by atoms with Gasteiger partial charge >= 0.3 is 5.97 Å². The fourth-order valence-corrected chi connectivity index (χ4v) is 2.46. The van der Waals surface area contributed by atoms with Crippen molar-refractivity contribution in [3.8, 4) is 6.07 Å². The zero-order valence-corrected chi connectivity index (χ0v) is 14.1. The molecule has 0 aliphatic carbocycles. The molecule has 0 bridgehead atoms. The number of carbonyl (C=O) groups excluding carboxylic acids is 1. The lowest BCUT2D eigenvalue weighted by molar-refractivity contribution is -0.141. The van der Waals surface area contributed by atoms with Gasteiger partial charge < -0.3 is 20.2 Å². The van der Waals surface area contributed by atoms with E-state index in [0.717, 1.165) is 32.7 Å². The molecular weight excluding hydrogens is 296 g/mol. The van der Waals surface area contributed by atoms with Crippen LogP contribution in [0.1, 0.15) is 27.2 Å². The van der Waals surface area contributed by atoms with Crippen LogP contribution in [0.4, 0.5) is 0 Å². The number of nitrogens with zero attached hydrogens (tertiary/aromatic N) is 3. The summed E-state index contributed by atoms with van der Waals surface area (Å²) in [6, 6.07) is 0.897. The summed E-state index contributed by atoms with van der Waals surface area (Å²) in [4.78, 5) is 27.6. The fourth-order valence-electron chi connectivity index (χ4n) is 2.46. The molecule has 0 aromatic rings. The van der Waals surface area contributed by atoms with Gasteiger partial charge in [-0.1, -0.05) is 20.8 Å². The fraction of sp³-hybridized carbons (Fsp3) is 0.688. The molecule has 0 aromatic heterocycles. The SMILES string of the molecule is CCN1CCN(/C=C(/C#N)C(=O)NC(CC(C)C)C(=O)O)CC1. The first-order chi connectivity index (χ1) is 10.9. The van der Waals surface area contributed by atoms with Crippen molar-refractivity contribution in [2.45, 2.75) is 33.2 Å². The molecule has 0 radical (unpaired) electrons. The standard InChI is InChI=1S/C16H26N4O3/c1-4-19-5-7-20(8-6-19)11-13(10-17)15(21)18-14(16(22)23)9-12(2)3/h11-12,14H,4-9H2,1-3H3,(H,18,21)(H,22,23)/b13-11-. The van der Waals surface area contributed by atoms with Gasteiger partial charge in [-0.05, 0) is 18.9 Å². The van der Waals surface area contributed by atoms with Crippen molar-refractivity contribution in [1.29, 1.82) is 5.26 Å². The average Bonchev–Trinajstić information content (AvgIpc) is 2.51. The molecule has 1 saturated heterocycles. The van der Waals surface area contributed by atoms with E-state index in [2.05, 4.69) is 17.1 Å². The summed E-state index contributed by atoms with van der Waals surface area (Å²) in [6.07, 6.45) is 1.87. The largest absolute Gasteiger partial charge is 0.480 e. The average molecular weight is 322 g/mol. The quantitative estimate of drug-likeness (QED) is 0.527. The number of hydrogen-bond acceptors (Lipinski definition) is 5. The number of carboxylic acid groups (broad SMARTS) is 1. The van der Waals surface area contributed by atoms with Crippen molar-refractivity contribution in [2.24, 2.45) is 5.92 Å². The number of nitriles is 1. The van der Waals surface area contributed by atoms with Gasteiger partial charge in [-0.3, -0.25) is 4.79 Å². The van der Waals surface area contributed by atoms with Gasteiger partial charge in [-0.2, -0.15) is 5.26 Å². The minimum atomic E-state index is -1.08. The van der Waals surface area contributed by atoms with Crippen LogP contribution in [-0.2, 0) is 9.59 Å². The lowest BCUT2D eigenvalue weighted by atomic mass is 10.0. The molecule has 1 heterocycles. The van der Waals surface area contributed by atoms with Gasteiger partial charge in [0.2, 0.25) is 0 Å². The third-order valence-electron chi connectivity index (χ3n) is 3.84. The first-order valence-electron chi connectivity index (χ1n) is 7.99. The Morgan fingerprint density at radius 1 is 1.30 bits per heavy atom. The van der Waals surface area contributed by atoms with Crippen LogP contribution in [0, 0.1) is 17.2 Å². The van der Waals surface area contributed by atoms with E-state index in [1.807, 2.05) is 24.8 Å². The van der Waals surface area contributed by atoms with Crippen molar-refractivity contribution >= 4 is 11.9 Å². The number of amides is 1. The topological polar surface area (TPSA) is 96.7 Å². The van der Waals surface area contributed by atoms with Gasteiger partial charge in [0.05, 0.1) is 0 Å². The Labute approximate surface area is 137 Å². The number of rotatable bonds is 7. The van der Waals surface area contributed by atoms with Crippen LogP contribution >= 0.6 is 0 Å². The summed E-state index contributed by atoms with van der Waals surface area (Å²) >= 11 is 0. The number of hydrogen-bond donors (Lipinski definition) is 2. The smallest absolute Gasteiger partial charge is 0.326 e. The van der Waals surface area contributed by atoms with Crippen molar-refractivity contribution in [1.82, 2.24) is 15.1 Å². The molecule has 7 heteroatoms. The molecule has 1 aliphatic rings. The van der Waals surface area contributed by atoms with Gasteiger partial charge in [0.25, 0.3) is 5.91 Å². The summed E-state index contributed by atoms with van der Waals surface area (Å²) < 4.78 is 0. The second-order valence-electron chi connectivity index (χ2n) is 6.12. The Hall–Kier alpha value is -2.07. The third-order valence-corrected chi connectivity index (χ3v) is 3.84. The van der Waals surface area contributed by atoms with E-state index < -0.39 is 17.9 Å². The summed E-state index contributed by atoms with van der Waals surface area (Å²) in [5.74, 6) is -1.58. The number of carboxylic acids is 1. The molecule has 0 aromatic carbocycles. The van der Waals surface area contributed by atoms with Crippen LogP contribution in [0.5, 0.6) is 0 Å². The molecule has 1 rings (SSSR count). The van der Waals surface area contributed by atoms with E-state index >= 15 is 0 Å². The van der Waals surface area contributed by atoms with Crippen LogP contribution < -0.4 is 5.32 Å². The molecule has 1 fully saturated rings. The second kappa shape index (κ2) is 9.16. The maximum Gasteiger partial charge on any atom is 0.326 e. The summed E-state index contributed by atoms with van der Waals surface area (Å²) in [6.45, 7) is 10.1. The van der Waals surface area contributed by atoms with E-state index in [-0.39, 0.29) is 11.5 Å². The van der Waals surface area contributed by atoms with Crippen molar-refractivity contribution in [3.63, 3.8) is 0 Å². The lowest BCUT2D eigenvalue weighted by Crippen LogP contribution is -2.45. The van der Waals surface area contributed by atoms with Gasteiger partial charge in [-0.15, -0.1) is 0 Å². The molecule has 7 nitrogen and oxygen atoms in total. The highest BCUT2D eigenvalue weighted by Gasteiger charge is 2.23.